The maximum Gasteiger partial charge on any atom is 0.278 e. The van der Waals surface area contributed by atoms with Crippen molar-refractivity contribution in [3.05, 3.63) is 33.2 Å². The summed E-state index contributed by atoms with van der Waals surface area (Å²) in [6.07, 6.45) is -2.77. The van der Waals surface area contributed by atoms with Crippen LogP contribution in [0.15, 0.2) is 10.9 Å². The van der Waals surface area contributed by atoms with Crippen LogP contribution in [0.1, 0.15) is 23.2 Å². The standard InChI is InChI=1S/C8H10F2N2O2/c9-7(10)6-4(2-11)1-5(3-13)8(14)12-6/h1,7,13H,2-3,11H2,(H,12,14). The summed E-state index contributed by atoms with van der Waals surface area (Å²) in [5.74, 6) is 0. The van der Waals surface area contributed by atoms with E-state index >= 15 is 0 Å². The Bertz CT molecular complexity index is 376. The third kappa shape index (κ3) is 1.97. The number of pyridine rings is 1. The number of hydrogen-bond acceptors (Lipinski definition) is 3. The van der Waals surface area contributed by atoms with Gasteiger partial charge < -0.3 is 15.8 Å². The maximum atomic E-state index is 12.3. The summed E-state index contributed by atoms with van der Waals surface area (Å²) in [6.45, 7) is -0.602. The van der Waals surface area contributed by atoms with E-state index in [1.165, 1.54) is 6.07 Å². The molecule has 0 atom stereocenters. The van der Waals surface area contributed by atoms with Gasteiger partial charge in [-0.1, -0.05) is 0 Å². The van der Waals surface area contributed by atoms with E-state index < -0.39 is 24.3 Å². The number of aromatic nitrogens is 1. The molecule has 0 aliphatic carbocycles. The van der Waals surface area contributed by atoms with E-state index in [2.05, 4.69) is 0 Å². The predicted molar refractivity (Wildman–Crippen MR) is 45.8 cm³/mol. The van der Waals surface area contributed by atoms with Crippen molar-refractivity contribution in [2.75, 3.05) is 0 Å². The normalized spacial score (nSPS) is 10.9. The highest BCUT2D eigenvalue weighted by Crippen LogP contribution is 2.19. The molecule has 0 spiro atoms. The summed E-state index contributed by atoms with van der Waals surface area (Å²) >= 11 is 0. The number of alkyl halides is 2. The highest BCUT2D eigenvalue weighted by Gasteiger charge is 2.14. The van der Waals surface area contributed by atoms with Crippen molar-refractivity contribution in [1.29, 1.82) is 0 Å². The first kappa shape index (κ1) is 10.8. The molecule has 0 radical (unpaired) electrons. The lowest BCUT2D eigenvalue weighted by Gasteiger charge is -2.07. The third-order valence-corrected chi connectivity index (χ3v) is 1.84. The van der Waals surface area contributed by atoms with Gasteiger partial charge in [-0.25, -0.2) is 8.78 Å². The molecule has 0 aliphatic heterocycles. The quantitative estimate of drug-likeness (QED) is 0.660. The van der Waals surface area contributed by atoms with Crippen LogP contribution in [0.3, 0.4) is 0 Å². The van der Waals surface area contributed by atoms with Gasteiger partial charge in [0.1, 0.15) is 0 Å². The molecule has 14 heavy (non-hydrogen) atoms. The van der Waals surface area contributed by atoms with Crippen LogP contribution in [0, 0.1) is 0 Å². The fraction of sp³-hybridized carbons (Fsp3) is 0.375. The smallest absolute Gasteiger partial charge is 0.278 e. The summed E-state index contributed by atoms with van der Waals surface area (Å²) in [5, 5.41) is 8.72. The lowest BCUT2D eigenvalue weighted by molar-refractivity contribution is 0.144. The third-order valence-electron chi connectivity index (χ3n) is 1.84. The first-order chi connectivity index (χ1) is 6.60. The highest BCUT2D eigenvalue weighted by atomic mass is 19.3. The molecule has 4 N–H and O–H groups in total. The molecule has 1 rings (SSSR count). The maximum absolute atomic E-state index is 12.3. The van der Waals surface area contributed by atoms with Gasteiger partial charge in [0.25, 0.3) is 12.0 Å². The largest absolute Gasteiger partial charge is 0.391 e. The summed E-state index contributed by atoms with van der Waals surface area (Å²) < 4.78 is 24.7. The Hall–Kier alpha value is -1.27. The first-order valence-electron chi connectivity index (χ1n) is 3.94. The SMILES string of the molecule is NCc1cc(CO)c(=O)[nH]c1C(F)F. The number of rotatable bonds is 3. The van der Waals surface area contributed by atoms with Gasteiger partial charge in [0.15, 0.2) is 0 Å². The van der Waals surface area contributed by atoms with E-state index in [1.54, 1.807) is 0 Å². The van der Waals surface area contributed by atoms with Crippen LogP contribution in [0.25, 0.3) is 0 Å². The first-order valence-corrected chi connectivity index (χ1v) is 3.94. The summed E-state index contributed by atoms with van der Waals surface area (Å²) in [5.41, 5.74) is 4.22. The van der Waals surface area contributed by atoms with Crippen molar-refractivity contribution in [2.45, 2.75) is 19.6 Å². The van der Waals surface area contributed by atoms with Crippen LogP contribution in [0.2, 0.25) is 0 Å². The Morgan fingerprint density at radius 3 is 2.57 bits per heavy atom. The zero-order chi connectivity index (χ0) is 10.7. The van der Waals surface area contributed by atoms with Gasteiger partial charge >= 0.3 is 0 Å². The van der Waals surface area contributed by atoms with Gasteiger partial charge in [-0.15, -0.1) is 0 Å². The number of H-pyrrole nitrogens is 1. The molecule has 0 fully saturated rings. The molecule has 1 aromatic rings. The molecule has 0 bridgehead atoms. The van der Waals surface area contributed by atoms with Crippen molar-refractivity contribution in [3.8, 4) is 0 Å². The lowest BCUT2D eigenvalue weighted by atomic mass is 10.1. The molecule has 4 nitrogen and oxygen atoms in total. The number of halogens is 2. The average Bonchev–Trinajstić information content (AvgIpc) is 2.17. The molecule has 0 amide bonds. The number of aliphatic hydroxyl groups excluding tert-OH is 1. The minimum atomic E-state index is -2.77. The minimum Gasteiger partial charge on any atom is -0.391 e. The van der Waals surface area contributed by atoms with E-state index in [9.17, 15) is 13.6 Å². The van der Waals surface area contributed by atoms with Crippen molar-refractivity contribution in [1.82, 2.24) is 4.98 Å². The van der Waals surface area contributed by atoms with Gasteiger partial charge in [0.05, 0.1) is 12.3 Å². The Morgan fingerprint density at radius 1 is 1.50 bits per heavy atom. The number of hydrogen-bond donors (Lipinski definition) is 3. The van der Waals surface area contributed by atoms with E-state index in [-0.39, 0.29) is 17.7 Å². The molecular formula is C8H10F2N2O2. The number of aliphatic hydroxyl groups is 1. The fourth-order valence-corrected chi connectivity index (χ4v) is 1.12. The summed E-state index contributed by atoms with van der Waals surface area (Å²) in [4.78, 5) is 13.1. The van der Waals surface area contributed by atoms with Crippen LogP contribution in [-0.2, 0) is 13.2 Å². The van der Waals surface area contributed by atoms with Gasteiger partial charge in [0, 0.05) is 12.1 Å². The molecule has 78 valence electrons. The van der Waals surface area contributed by atoms with Crippen molar-refractivity contribution < 1.29 is 13.9 Å². The van der Waals surface area contributed by atoms with Crippen molar-refractivity contribution in [2.24, 2.45) is 5.73 Å². The van der Waals surface area contributed by atoms with Crippen LogP contribution in [0.5, 0.6) is 0 Å². The van der Waals surface area contributed by atoms with Gasteiger partial charge in [0.2, 0.25) is 0 Å². The van der Waals surface area contributed by atoms with Crippen LogP contribution in [-0.4, -0.2) is 10.1 Å². The monoisotopic (exact) mass is 204 g/mol. The second kappa shape index (κ2) is 4.30. The molecule has 6 heteroatoms. The highest BCUT2D eigenvalue weighted by molar-refractivity contribution is 5.25. The molecule has 0 unspecified atom stereocenters. The van der Waals surface area contributed by atoms with Gasteiger partial charge in [-0.3, -0.25) is 4.79 Å². The Balaban J connectivity index is 3.32. The molecule has 0 saturated carbocycles. The lowest BCUT2D eigenvalue weighted by Crippen LogP contribution is -2.18. The van der Waals surface area contributed by atoms with Crippen molar-refractivity contribution in [3.63, 3.8) is 0 Å². The van der Waals surface area contributed by atoms with E-state index in [4.69, 9.17) is 10.8 Å². The molecule has 0 aromatic carbocycles. The van der Waals surface area contributed by atoms with E-state index in [0.717, 1.165) is 0 Å². The van der Waals surface area contributed by atoms with E-state index in [1.807, 2.05) is 4.98 Å². The Labute approximate surface area is 78.4 Å². The molecule has 1 heterocycles. The second-order valence-electron chi connectivity index (χ2n) is 2.73. The van der Waals surface area contributed by atoms with Gasteiger partial charge in [-0.05, 0) is 11.6 Å². The molecule has 1 aromatic heterocycles. The van der Waals surface area contributed by atoms with Crippen LogP contribution in [0.4, 0.5) is 8.78 Å². The number of aromatic amines is 1. The van der Waals surface area contributed by atoms with Crippen molar-refractivity contribution >= 4 is 0 Å². The Kier molecular flexibility index (Phi) is 3.32. The number of nitrogens with two attached hydrogens (primary N) is 1. The Morgan fingerprint density at radius 2 is 2.14 bits per heavy atom. The fourth-order valence-electron chi connectivity index (χ4n) is 1.12. The molecular weight excluding hydrogens is 194 g/mol. The molecule has 0 aliphatic rings. The topological polar surface area (TPSA) is 79.1 Å². The zero-order valence-electron chi connectivity index (χ0n) is 7.26. The van der Waals surface area contributed by atoms with E-state index in [0.29, 0.717) is 0 Å². The summed E-state index contributed by atoms with van der Waals surface area (Å²) in [6, 6.07) is 1.19. The summed E-state index contributed by atoms with van der Waals surface area (Å²) in [7, 11) is 0. The molecule has 0 saturated heterocycles. The second-order valence-corrected chi connectivity index (χ2v) is 2.73. The minimum absolute atomic E-state index is 0.0369. The van der Waals surface area contributed by atoms with Crippen LogP contribution < -0.4 is 11.3 Å². The van der Waals surface area contributed by atoms with Gasteiger partial charge in [-0.2, -0.15) is 0 Å². The number of nitrogens with one attached hydrogen (secondary N) is 1. The zero-order valence-corrected chi connectivity index (χ0v) is 7.26. The average molecular weight is 204 g/mol. The van der Waals surface area contributed by atoms with Crippen LogP contribution >= 0.6 is 0 Å². The predicted octanol–water partition coefficient (Wildman–Crippen LogP) is 0.264.